The Morgan fingerprint density at radius 1 is 1.25 bits per heavy atom. The van der Waals surface area contributed by atoms with E-state index in [0.29, 0.717) is 26.4 Å². The van der Waals surface area contributed by atoms with Crippen molar-refractivity contribution in [2.75, 3.05) is 40.0 Å². The van der Waals surface area contributed by atoms with Crippen molar-refractivity contribution in [2.45, 2.75) is 6.43 Å². The molecule has 0 spiro atoms. The predicted molar refractivity (Wildman–Crippen MR) is 41.6 cm³/mol. The summed E-state index contributed by atoms with van der Waals surface area (Å²) >= 11 is 0. The molecule has 0 unspecified atom stereocenters. The quantitative estimate of drug-likeness (QED) is 0.556. The minimum Gasteiger partial charge on any atom is -0.382 e. The number of alkyl halides is 2. The minimum absolute atomic E-state index is 0.270. The van der Waals surface area contributed by atoms with E-state index >= 15 is 0 Å². The highest BCUT2D eigenvalue weighted by molar-refractivity contribution is 4.47. The first-order valence-electron chi connectivity index (χ1n) is 3.83. The Labute approximate surface area is 71.0 Å². The lowest BCUT2D eigenvalue weighted by atomic mass is 10.6. The number of halogens is 2. The van der Waals surface area contributed by atoms with Crippen molar-refractivity contribution in [3.63, 3.8) is 0 Å². The van der Waals surface area contributed by atoms with Gasteiger partial charge in [0.2, 0.25) is 0 Å². The van der Waals surface area contributed by atoms with Crippen molar-refractivity contribution in [1.82, 2.24) is 5.32 Å². The summed E-state index contributed by atoms with van der Waals surface area (Å²) in [6, 6.07) is 0. The second-order valence-corrected chi connectivity index (χ2v) is 2.20. The van der Waals surface area contributed by atoms with E-state index in [1.807, 2.05) is 0 Å². The van der Waals surface area contributed by atoms with E-state index < -0.39 is 6.43 Å². The van der Waals surface area contributed by atoms with E-state index in [-0.39, 0.29) is 6.54 Å². The van der Waals surface area contributed by atoms with Gasteiger partial charge in [-0.3, -0.25) is 0 Å². The first-order valence-corrected chi connectivity index (χ1v) is 3.83. The molecule has 5 heteroatoms. The second kappa shape index (κ2) is 8.83. The Morgan fingerprint density at radius 2 is 2.00 bits per heavy atom. The first kappa shape index (κ1) is 11.7. The molecule has 0 aliphatic heterocycles. The highest BCUT2D eigenvalue weighted by Crippen LogP contribution is 1.86. The fourth-order valence-corrected chi connectivity index (χ4v) is 0.600. The molecule has 0 aliphatic rings. The highest BCUT2D eigenvalue weighted by Gasteiger charge is 1.99. The van der Waals surface area contributed by atoms with E-state index in [2.05, 4.69) is 5.32 Å². The minimum atomic E-state index is -2.29. The number of hydrogen-bond donors (Lipinski definition) is 1. The summed E-state index contributed by atoms with van der Waals surface area (Å²) in [6.45, 7) is 1.67. The van der Waals surface area contributed by atoms with Crippen molar-refractivity contribution >= 4 is 0 Å². The molecule has 0 rings (SSSR count). The third-order valence-corrected chi connectivity index (χ3v) is 1.15. The van der Waals surface area contributed by atoms with Crippen molar-refractivity contribution in [1.29, 1.82) is 0 Å². The third kappa shape index (κ3) is 9.74. The Hall–Kier alpha value is -0.260. The maximum absolute atomic E-state index is 11.5. The zero-order valence-corrected chi connectivity index (χ0v) is 7.19. The molecule has 0 aromatic rings. The molecule has 74 valence electrons. The van der Waals surface area contributed by atoms with Crippen LogP contribution in [-0.4, -0.2) is 46.4 Å². The van der Waals surface area contributed by atoms with Gasteiger partial charge in [0.1, 0.15) is 0 Å². The normalized spacial score (nSPS) is 11.0. The third-order valence-electron chi connectivity index (χ3n) is 1.15. The average molecular weight is 183 g/mol. The van der Waals surface area contributed by atoms with Crippen LogP contribution in [0, 0.1) is 0 Å². The van der Waals surface area contributed by atoms with E-state index in [0.717, 1.165) is 0 Å². The summed E-state index contributed by atoms with van der Waals surface area (Å²) in [5.74, 6) is 0. The van der Waals surface area contributed by atoms with Gasteiger partial charge in [-0.2, -0.15) is 0 Å². The molecule has 0 radical (unpaired) electrons. The van der Waals surface area contributed by atoms with Crippen LogP contribution in [-0.2, 0) is 9.47 Å². The zero-order chi connectivity index (χ0) is 9.23. The lowest BCUT2D eigenvalue weighted by Crippen LogP contribution is -2.25. The molecule has 3 nitrogen and oxygen atoms in total. The topological polar surface area (TPSA) is 30.5 Å². The highest BCUT2D eigenvalue weighted by atomic mass is 19.3. The predicted octanol–water partition coefficient (Wildman–Crippen LogP) is 0.504. The number of rotatable bonds is 8. The number of ether oxygens (including phenoxy) is 2. The van der Waals surface area contributed by atoms with Crippen LogP contribution in [0.25, 0.3) is 0 Å². The Balaban J connectivity index is 2.82. The number of hydrogen-bond acceptors (Lipinski definition) is 3. The smallest absolute Gasteiger partial charge is 0.250 e. The molecule has 0 heterocycles. The first-order chi connectivity index (χ1) is 5.77. The summed E-state index contributed by atoms with van der Waals surface area (Å²) in [5.41, 5.74) is 0. The standard InChI is InChI=1S/C7H15F2NO2/c1-11-4-5-12-3-2-10-6-7(8)9/h7,10H,2-6H2,1H3. The molecule has 0 amide bonds. The average Bonchev–Trinajstić information content (AvgIpc) is 2.02. The van der Waals surface area contributed by atoms with Crippen LogP contribution in [0.4, 0.5) is 8.78 Å². The van der Waals surface area contributed by atoms with Crippen LogP contribution in [0.5, 0.6) is 0 Å². The molecule has 0 aromatic carbocycles. The van der Waals surface area contributed by atoms with Gasteiger partial charge in [0.15, 0.2) is 0 Å². The van der Waals surface area contributed by atoms with Gasteiger partial charge in [-0.15, -0.1) is 0 Å². The van der Waals surface area contributed by atoms with Gasteiger partial charge >= 0.3 is 0 Å². The van der Waals surface area contributed by atoms with Gasteiger partial charge in [0, 0.05) is 13.7 Å². The summed E-state index contributed by atoms with van der Waals surface area (Å²) in [7, 11) is 1.58. The van der Waals surface area contributed by atoms with E-state index in [1.165, 1.54) is 0 Å². The maximum Gasteiger partial charge on any atom is 0.250 e. The number of nitrogens with one attached hydrogen (secondary N) is 1. The monoisotopic (exact) mass is 183 g/mol. The van der Waals surface area contributed by atoms with Crippen LogP contribution in [0.1, 0.15) is 0 Å². The Bertz CT molecular complexity index is 93.5. The molecule has 0 saturated carbocycles. The van der Waals surface area contributed by atoms with Crippen molar-refractivity contribution < 1.29 is 18.3 Å². The SMILES string of the molecule is COCCOCCNCC(F)F. The molecule has 0 bridgehead atoms. The fourth-order valence-electron chi connectivity index (χ4n) is 0.600. The van der Waals surface area contributed by atoms with Gasteiger partial charge in [0.05, 0.1) is 26.4 Å². The molecule has 0 atom stereocenters. The molecule has 0 fully saturated rings. The molecule has 12 heavy (non-hydrogen) atoms. The van der Waals surface area contributed by atoms with Crippen molar-refractivity contribution in [2.24, 2.45) is 0 Å². The number of methoxy groups -OCH3 is 1. The molecule has 0 aliphatic carbocycles. The van der Waals surface area contributed by atoms with Crippen LogP contribution < -0.4 is 5.32 Å². The van der Waals surface area contributed by atoms with Gasteiger partial charge in [-0.1, -0.05) is 0 Å². The zero-order valence-electron chi connectivity index (χ0n) is 7.19. The molecular formula is C7H15F2NO2. The Kier molecular flexibility index (Phi) is 8.64. The van der Waals surface area contributed by atoms with Crippen LogP contribution in [0.3, 0.4) is 0 Å². The summed E-state index contributed by atoms with van der Waals surface area (Å²) in [5, 5.41) is 2.55. The lowest BCUT2D eigenvalue weighted by Gasteiger charge is -2.04. The fraction of sp³-hybridized carbons (Fsp3) is 1.00. The van der Waals surface area contributed by atoms with E-state index in [1.54, 1.807) is 7.11 Å². The summed E-state index contributed by atoms with van der Waals surface area (Å²) < 4.78 is 32.8. The van der Waals surface area contributed by atoms with Gasteiger partial charge in [-0.05, 0) is 0 Å². The molecule has 0 aromatic heterocycles. The van der Waals surface area contributed by atoms with Gasteiger partial charge in [-0.25, -0.2) is 8.78 Å². The van der Waals surface area contributed by atoms with Gasteiger partial charge < -0.3 is 14.8 Å². The van der Waals surface area contributed by atoms with Crippen LogP contribution in [0.15, 0.2) is 0 Å². The second-order valence-electron chi connectivity index (χ2n) is 2.20. The summed E-state index contributed by atoms with van der Waals surface area (Å²) in [4.78, 5) is 0. The van der Waals surface area contributed by atoms with Gasteiger partial charge in [0.25, 0.3) is 6.43 Å². The maximum atomic E-state index is 11.5. The van der Waals surface area contributed by atoms with Crippen LogP contribution in [0.2, 0.25) is 0 Å². The summed E-state index contributed by atoms with van der Waals surface area (Å²) in [6.07, 6.45) is -2.29. The Morgan fingerprint density at radius 3 is 2.58 bits per heavy atom. The molecular weight excluding hydrogens is 168 g/mol. The molecule has 0 saturated heterocycles. The van der Waals surface area contributed by atoms with E-state index in [9.17, 15) is 8.78 Å². The van der Waals surface area contributed by atoms with Crippen LogP contribution >= 0.6 is 0 Å². The van der Waals surface area contributed by atoms with Crippen molar-refractivity contribution in [3.8, 4) is 0 Å². The largest absolute Gasteiger partial charge is 0.382 e. The van der Waals surface area contributed by atoms with Crippen molar-refractivity contribution in [3.05, 3.63) is 0 Å². The van der Waals surface area contributed by atoms with E-state index in [4.69, 9.17) is 9.47 Å². The molecule has 1 N–H and O–H groups in total. The lowest BCUT2D eigenvalue weighted by molar-refractivity contribution is 0.0694.